The SMILES string of the molecule is CC1(C)OB(c2cc(F)ccc2OCC(F)(F)F)OC1(C)C. The maximum absolute atomic E-state index is 13.5. The highest BCUT2D eigenvalue weighted by Gasteiger charge is 2.52. The molecule has 1 heterocycles. The van der Waals surface area contributed by atoms with E-state index in [-0.39, 0.29) is 11.2 Å². The zero-order valence-corrected chi connectivity index (χ0v) is 12.8. The Labute approximate surface area is 126 Å². The summed E-state index contributed by atoms with van der Waals surface area (Å²) in [5.74, 6) is -0.721. The molecule has 1 aliphatic rings. The van der Waals surface area contributed by atoms with Crippen molar-refractivity contribution in [2.45, 2.75) is 45.1 Å². The number of benzene rings is 1. The summed E-state index contributed by atoms with van der Waals surface area (Å²) in [6.07, 6.45) is -4.48. The van der Waals surface area contributed by atoms with Gasteiger partial charge < -0.3 is 14.0 Å². The molecular weight excluding hydrogens is 303 g/mol. The van der Waals surface area contributed by atoms with Crippen molar-refractivity contribution in [1.29, 1.82) is 0 Å². The Morgan fingerprint density at radius 3 is 2.14 bits per heavy atom. The number of alkyl halides is 3. The first-order valence-electron chi connectivity index (χ1n) is 6.76. The van der Waals surface area contributed by atoms with Crippen molar-refractivity contribution in [3.8, 4) is 5.75 Å². The Balaban J connectivity index is 2.29. The summed E-state index contributed by atoms with van der Waals surface area (Å²) in [5.41, 5.74) is -1.28. The minimum Gasteiger partial charge on any atom is -0.484 e. The predicted octanol–water partition coefficient (Wildman–Crippen LogP) is 3.07. The first kappa shape index (κ1) is 17.1. The van der Waals surface area contributed by atoms with Gasteiger partial charge in [-0.1, -0.05) is 0 Å². The van der Waals surface area contributed by atoms with E-state index in [9.17, 15) is 17.6 Å². The molecule has 0 radical (unpaired) electrons. The van der Waals surface area contributed by atoms with Gasteiger partial charge in [-0.15, -0.1) is 0 Å². The number of halogens is 4. The minimum atomic E-state index is -4.48. The minimum absolute atomic E-state index is 0.0999. The lowest BCUT2D eigenvalue weighted by molar-refractivity contribution is -0.153. The Morgan fingerprint density at radius 2 is 1.64 bits per heavy atom. The summed E-state index contributed by atoms with van der Waals surface area (Å²) in [6, 6.07) is 3.23. The van der Waals surface area contributed by atoms with Gasteiger partial charge in [0.25, 0.3) is 0 Å². The molecular formula is C14H17BF4O3. The van der Waals surface area contributed by atoms with E-state index in [1.807, 2.05) is 0 Å². The van der Waals surface area contributed by atoms with Crippen LogP contribution in [0, 0.1) is 5.82 Å². The Kier molecular flexibility index (Phi) is 4.21. The molecule has 0 aliphatic carbocycles. The molecule has 0 bridgehead atoms. The molecule has 0 unspecified atom stereocenters. The van der Waals surface area contributed by atoms with Gasteiger partial charge in [0.1, 0.15) is 11.6 Å². The molecule has 8 heteroatoms. The number of ether oxygens (including phenoxy) is 1. The first-order chi connectivity index (χ1) is 9.91. The van der Waals surface area contributed by atoms with Crippen LogP contribution in [0.2, 0.25) is 0 Å². The maximum Gasteiger partial charge on any atom is 0.498 e. The highest BCUT2D eigenvalue weighted by Crippen LogP contribution is 2.37. The second kappa shape index (κ2) is 5.42. The molecule has 1 fully saturated rings. The highest BCUT2D eigenvalue weighted by atomic mass is 19.4. The first-order valence-corrected chi connectivity index (χ1v) is 6.76. The van der Waals surface area contributed by atoms with E-state index in [0.717, 1.165) is 18.2 Å². The smallest absolute Gasteiger partial charge is 0.484 e. The summed E-state index contributed by atoms with van der Waals surface area (Å²) in [5, 5.41) is 0. The molecule has 0 aromatic heterocycles. The van der Waals surface area contributed by atoms with Crippen LogP contribution in [0.1, 0.15) is 27.7 Å². The van der Waals surface area contributed by atoms with Crippen molar-refractivity contribution in [2.75, 3.05) is 6.61 Å². The van der Waals surface area contributed by atoms with Crippen LogP contribution >= 0.6 is 0 Å². The van der Waals surface area contributed by atoms with E-state index in [1.165, 1.54) is 0 Å². The van der Waals surface area contributed by atoms with Crippen molar-refractivity contribution in [2.24, 2.45) is 0 Å². The van der Waals surface area contributed by atoms with Crippen LogP contribution in [-0.2, 0) is 9.31 Å². The normalized spacial score (nSPS) is 20.3. The van der Waals surface area contributed by atoms with Crippen molar-refractivity contribution >= 4 is 12.6 Å². The Hall–Kier alpha value is -1.28. The summed E-state index contributed by atoms with van der Waals surface area (Å²) in [4.78, 5) is 0. The van der Waals surface area contributed by atoms with E-state index >= 15 is 0 Å². The zero-order chi connectivity index (χ0) is 16.8. The fraction of sp³-hybridized carbons (Fsp3) is 0.571. The third-order valence-corrected chi connectivity index (χ3v) is 3.87. The van der Waals surface area contributed by atoms with E-state index in [0.29, 0.717) is 0 Å². The number of rotatable bonds is 3. The zero-order valence-electron chi connectivity index (χ0n) is 12.8. The lowest BCUT2D eigenvalue weighted by Gasteiger charge is -2.32. The Morgan fingerprint density at radius 1 is 1.09 bits per heavy atom. The lowest BCUT2D eigenvalue weighted by Crippen LogP contribution is -2.41. The molecule has 0 saturated carbocycles. The molecule has 1 aromatic rings. The van der Waals surface area contributed by atoms with Gasteiger partial charge in [-0.3, -0.25) is 0 Å². The molecule has 0 amide bonds. The van der Waals surface area contributed by atoms with Gasteiger partial charge in [0.05, 0.1) is 11.2 Å². The fourth-order valence-corrected chi connectivity index (χ4v) is 1.96. The molecule has 0 N–H and O–H groups in total. The third-order valence-electron chi connectivity index (χ3n) is 3.87. The monoisotopic (exact) mass is 320 g/mol. The van der Waals surface area contributed by atoms with Crippen LogP contribution in [0.25, 0.3) is 0 Å². The average molecular weight is 320 g/mol. The fourth-order valence-electron chi connectivity index (χ4n) is 1.96. The van der Waals surface area contributed by atoms with Crippen LogP contribution in [0.3, 0.4) is 0 Å². The van der Waals surface area contributed by atoms with Crippen LogP contribution in [0.15, 0.2) is 18.2 Å². The molecule has 1 saturated heterocycles. The van der Waals surface area contributed by atoms with Gasteiger partial charge in [-0.25, -0.2) is 4.39 Å². The summed E-state index contributed by atoms with van der Waals surface area (Å²) in [7, 11) is -0.996. The van der Waals surface area contributed by atoms with E-state index in [2.05, 4.69) is 0 Å². The van der Waals surface area contributed by atoms with Crippen LogP contribution in [0.5, 0.6) is 5.75 Å². The molecule has 2 rings (SSSR count). The van der Waals surface area contributed by atoms with Gasteiger partial charge in [-0.2, -0.15) is 13.2 Å². The highest BCUT2D eigenvalue weighted by molar-refractivity contribution is 6.63. The average Bonchev–Trinajstić information content (AvgIpc) is 2.55. The number of hydrogen-bond donors (Lipinski definition) is 0. The van der Waals surface area contributed by atoms with E-state index < -0.39 is 36.9 Å². The van der Waals surface area contributed by atoms with Crippen LogP contribution in [-0.4, -0.2) is 31.1 Å². The summed E-state index contributed by atoms with van der Waals surface area (Å²) >= 11 is 0. The van der Waals surface area contributed by atoms with Crippen LogP contribution in [0.4, 0.5) is 17.6 Å². The molecule has 0 atom stereocenters. The standard InChI is InChI=1S/C14H17BF4O3/c1-12(2)13(3,4)22-15(21-12)10-7-9(16)5-6-11(10)20-8-14(17,18)19/h5-7H,8H2,1-4H3. The predicted molar refractivity (Wildman–Crippen MR) is 73.7 cm³/mol. The van der Waals surface area contributed by atoms with Gasteiger partial charge >= 0.3 is 13.3 Å². The molecule has 122 valence electrons. The van der Waals surface area contributed by atoms with E-state index in [1.54, 1.807) is 27.7 Å². The lowest BCUT2D eigenvalue weighted by atomic mass is 9.78. The number of hydrogen-bond acceptors (Lipinski definition) is 3. The molecule has 22 heavy (non-hydrogen) atoms. The van der Waals surface area contributed by atoms with Gasteiger partial charge in [0, 0.05) is 5.46 Å². The summed E-state index contributed by atoms with van der Waals surface area (Å²) < 4.78 is 66.6. The molecule has 1 aromatic carbocycles. The largest absolute Gasteiger partial charge is 0.498 e. The van der Waals surface area contributed by atoms with E-state index in [4.69, 9.17) is 14.0 Å². The van der Waals surface area contributed by atoms with Crippen molar-refractivity contribution in [3.05, 3.63) is 24.0 Å². The van der Waals surface area contributed by atoms with Gasteiger partial charge in [0.2, 0.25) is 0 Å². The van der Waals surface area contributed by atoms with Crippen molar-refractivity contribution in [1.82, 2.24) is 0 Å². The van der Waals surface area contributed by atoms with Crippen LogP contribution < -0.4 is 10.2 Å². The third kappa shape index (κ3) is 3.55. The second-order valence-corrected chi connectivity index (χ2v) is 6.17. The maximum atomic E-state index is 13.5. The molecule has 1 aliphatic heterocycles. The summed E-state index contributed by atoms with van der Waals surface area (Å²) in [6.45, 7) is 5.71. The van der Waals surface area contributed by atoms with Gasteiger partial charge in [-0.05, 0) is 45.9 Å². The Bertz CT molecular complexity index is 542. The van der Waals surface area contributed by atoms with Gasteiger partial charge in [0.15, 0.2) is 6.61 Å². The molecule has 3 nitrogen and oxygen atoms in total. The quantitative estimate of drug-likeness (QED) is 0.633. The van der Waals surface area contributed by atoms with Crippen molar-refractivity contribution in [3.63, 3.8) is 0 Å². The van der Waals surface area contributed by atoms with Crippen molar-refractivity contribution < 1.29 is 31.6 Å². The topological polar surface area (TPSA) is 27.7 Å². The molecule has 0 spiro atoms. The second-order valence-electron chi connectivity index (χ2n) is 6.17.